The lowest BCUT2D eigenvalue weighted by atomic mass is 9.94. The zero-order valence-corrected chi connectivity index (χ0v) is 9.88. The second-order valence-electron chi connectivity index (χ2n) is 4.13. The number of rotatable bonds is 1. The summed E-state index contributed by atoms with van der Waals surface area (Å²) in [6.45, 7) is 0. The molecule has 2 nitrogen and oxygen atoms in total. The van der Waals surface area contributed by atoms with Gasteiger partial charge in [0, 0.05) is 10.8 Å². The van der Waals surface area contributed by atoms with Crippen LogP contribution in [0.5, 0.6) is 5.75 Å². The summed E-state index contributed by atoms with van der Waals surface area (Å²) >= 11 is 0. The van der Waals surface area contributed by atoms with Crippen LogP contribution in [0.2, 0.25) is 0 Å². The highest BCUT2D eigenvalue weighted by Crippen LogP contribution is 2.34. The maximum atomic E-state index is 14.0. The molecule has 0 aliphatic carbocycles. The Hall–Kier alpha value is -2.04. The van der Waals surface area contributed by atoms with E-state index in [0.717, 1.165) is 0 Å². The highest BCUT2D eigenvalue weighted by Gasteiger charge is 2.17. The van der Waals surface area contributed by atoms with Crippen LogP contribution in [0.1, 0.15) is 0 Å². The Kier molecular flexibility index (Phi) is 2.30. The van der Waals surface area contributed by atoms with Gasteiger partial charge < -0.3 is 9.15 Å². The van der Waals surface area contributed by atoms with Gasteiger partial charge >= 0.3 is 0 Å². The largest absolute Gasteiger partial charge is 0.494 e. The Bertz CT molecular complexity index is 765. The second kappa shape index (κ2) is 3.73. The van der Waals surface area contributed by atoms with E-state index in [1.807, 2.05) is 0 Å². The van der Waals surface area contributed by atoms with Gasteiger partial charge in [0.05, 0.1) is 7.11 Å². The lowest BCUT2D eigenvalue weighted by molar-refractivity contribution is 0.385. The van der Waals surface area contributed by atoms with Crippen molar-refractivity contribution in [3.8, 4) is 5.75 Å². The van der Waals surface area contributed by atoms with Crippen LogP contribution in [0, 0.1) is 11.6 Å². The third kappa shape index (κ3) is 1.33. The van der Waals surface area contributed by atoms with Crippen molar-refractivity contribution in [2.24, 2.45) is 0 Å². The molecular weight excluding hydrogens is 237 g/mol. The van der Waals surface area contributed by atoms with Crippen molar-refractivity contribution >= 4 is 35.2 Å². The van der Waals surface area contributed by atoms with Gasteiger partial charge in [-0.05, 0) is 12.1 Å². The minimum absolute atomic E-state index is 0.0221. The normalized spacial score (nSPS) is 11.3. The number of furan rings is 1. The third-order valence-corrected chi connectivity index (χ3v) is 3.07. The molecule has 3 aromatic rings. The van der Waals surface area contributed by atoms with Crippen LogP contribution in [-0.4, -0.2) is 15.0 Å². The highest BCUT2D eigenvalue weighted by atomic mass is 19.1. The molecule has 0 saturated heterocycles. The first-order valence-corrected chi connectivity index (χ1v) is 5.47. The SMILES string of the molecule is Bc1ccc2c(oc3c(F)c(OC)ccc32)c1F. The number of halogens is 2. The van der Waals surface area contributed by atoms with E-state index in [4.69, 9.17) is 9.15 Å². The van der Waals surface area contributed by atoms with Crippen LogP contribution in [0.25, 0.3) is 21.9 Å². The van der Waals surface area contributed by atoms with Crippen molar-refractivity contribution in [3.63, 3.8) is 0 Å². The molecule has 0 aliphatic heterocycles. The number of hydrogen-bond acceptors (Lipinski definition) is 2. The Morgan fingerprint density at radius 2 is 1.61 bits per heavy atom. The zero-order valence-electron chi connectivity index (χ0n) is 9.88. The van der Waals surface area contributed by atoms with Gasteiger partial charge in [0.15, 0.2) is 22.7 Å². The summed E-state index contributed by atoms with van der Waals surface area (Å²) in [4.78, 5) is 0. The molecular formula is C13H9BF2O2. The number of hydrogen-bond donors (Lipinski definition) is 0. The van der Waals surface area contributed by atoms with Gasteiger partial charge in [0.1, 0.15) is 7.85 Å². The first kappa shape index (κ1) is 11.1. The molecule has 0 spiro atoms. The molecule has 2 aromatic carbocycles. The van der Waals surface area contributed by atoms with Gasteiger partial charge in [0.2, 0.25) is 5.82 Å². The molecule has 90 valence electrons. The average molecular weight is 246 g/mol. The van der Waals surface area contributed by atoms with Crippen molar-refractivity contribution in [1.29, 1.82) is 0 Å². The number of methoxy groups -OCH3 is 1. The molecule has 0 bridgehead atoms. The van der Waals surface area contributed by atoms with Crippen molar-refractivity contribution in [3.05, 3.63) is 35.9 Å². The van der Waals surface area contributed by atoms with E-state index in [1.165, 1.54) is 13.2 Å². The molecule has 0 radical (unpaired) electrons. The van der Waals surface area contributed by atoms with Crippen LogP contribution < -0.4 is 10.2 Å². The molecule has 3 rings (SSSR count). The predicted molar refractivity (Wildman–Crippen MR) is 68.4 cm³/mol. The summed E-state index contributed by atoms with van der Waals surface area (Å²) in [6, 6.07) is 6.54. The van der Waals surface area contributed by atoms with Crippen molar-refractivity contribution in [2.45, 2.75) is 0 Å². The molecule has 0 amide bonds. The first-order chi connectivity index (χ1) is 8.63. The van der Waals surface area contributed by atoms with E-state index in [0.29, 0.717) is 16.2 Å². The molecule has 5 heteroatoms. The molecule has 1 heterocycles. The van der Waals surface area contributed by atoms with Crippen LogP contribution in [0.4, 0.5) is 8.78 Å². The summed E-state index contributed by atoms with van der Waals surface area (Å²) in [6.07, 6.45) is 0. The van der Waals surface area contributed by atoms with Crippen LogP contribution in [-0.2, 0) is 0 Å². The summed E-state index contributed by atoms with van der Waals surface area (Å²) in [5.41, 5.74) is 0.569. The van der Waals surface area contributed by atoms with E-state index in [2.05, 4.69) is 0 Å². The monoisotopic (exact) mass is 246 g/mol. The average Bonchev–Trinajstić information content (AvgIpc) is 2.75. The summed E-state index contributed by atoms with van der Waals surface area (Å²) in [5.74, 6) is -0.982. The minimum atomic E-state index is -0.608. The van der Waals surface area contributed by atoms with Crippen LogP contribution in [0.3, 0.4) is 0 Å². The van der Waals surface area contributed by atoms with E-state index in [-0.39, 0.29) is 16.9 Å². The highest BCUT2D eigenvalue weighted by molar-refractivity contribution is 6.33. The van der Waals surface area contributed by atoms with E-state index < -0.39 is 11.6 Å². The molecule has 0 aliphatic rings. The lowest BCUT2D eigenvalue weighted by Gasteiger charge is -2.00. The molecule has 1 aromatic heterocycles. The molecule has 0 saturated carbocycles. The minimum Gasteiger partial charge on any atom is -0.494 e. The van der Waals surface area contributed by atoms with E-state index in [1.54, 1.807) is 26.0 Å². The first-order valence-electron chi connectivity index (χ1n) is 5.47. The van der Waals surface area contributed by atoms with Gasteiger partial charge in [-0.3, -0.25) is 0 Å². The molecule has 18 heavy (non-hydrogen) atoms. The molecule has 0 unspecified atom stereocenters. The summed E-state index contributed by atoms with van der Waals surface area (Å²) < 4.78 is 38.1. The molecule has 0 atom stereocenters. The van der Waals surface area contributed by atoms with Gasteiger partial charge in [0.25, 0.3) is 0 Å². The molecule has 0 N–H and O–H groups in total. The predicted octanol–water partition coefficient (Wildman–Crippen LogP) is 2.13. The van der Waals surface area contributed by atoms with Crippen molar-refractivity contribution < 1.29 is 17.9 Å². The van der Waals surface area contributed by atoms with E-state index in [9.17, 15) is 8.78 Å². The summed E-state index contributed by atoms with van der Waals surface area (Å²) in [5, 5.41) is 1.11. The van der Waals surface area contributed by atoms with Gasteiger partial charge in [-0.15, -0.1) is 0 Å². The fourth-order valence-corrected chi connectivity index (χ4v) is 2.08. The lowest BCUT2D eigenvalue weighted by Crippen LogP contribution is -2.06. The Labute approximate surface area is 103 Å². The fourth-order valence-electron chi connectivity index (χ4n) is 2.08. The van der Waals surface area contributed by atoms with Gasteiger partial charge in [-0.1, -0.05) is 17.6 Å². The number of ether oxygens (including phenoxy) is 1. The van der Waals surface area contributed by atoms with E-state index >= 15 is 0 Å². The van der Waals surface area contributed by atoms with Gasteiger partial charge in [-0.25, -0.2) is 4.39 Å². The smallest absolute Gasteiger partial charge is 0.208 e. The number of benzene rings is 2. The van der Waals surface area contributed by atoms with Crippen molar-refractivity contribution in [1.82, 2.24) is 0 Å². The summed E-state index contributed by atoms with van der Waals surface area (Å²) in [7, 11) is 3.01. The maximum Gasteiger partial charge on any atom is 0.208 e. The quantitative estimate of drug-likeness (QED) is 0.613. The van der Waals surface area contributed by atoms with Gasteiger partial charge in [-0.2, -0.15) is 4.39 Å². The fraction of sp³-hybridized carbons (Fsp3) is 0.0769. The Morgan fingerprint density at radius 1 is 1.00 bits per heavy atom. The third-order valence-electron chi connectivity index (χ3n) is 3.07. The second-order valence-corrected chi connectivity index (χ2v) is 4.13. The van der Waals surface area contributed by atoms with Crippen molar-refractivity contribution in [2.75, 3.05) is 7.11 Å². The topological polar surface area (TPSA) is 22.4 Å². The van der Waals surface area contributed by atoms with Crippen LogP contribution >= 0.6 is 0 Å². The Morgan fingerprint density at radius 3 is 2.28 bits per heavy atom. The maximum absolute atomic E-state index is 14.0. The zero-order chi connectivity index (χ0) is 12.9. The standard InChI is InChI=1S/C13H9BF2O2/c1-17-9-5-3-7-6-2-4-8(14)10(15)12(6)18-13(7)11(9)16/h2-5H,14H2,1H3. The number of fused-ring (bicyclic) bond motifs is 3. The van der Waals surface area contributed by atoms with Crippen LogP contribution in [0.15, 0.2) is 28.7 Å². The Balaban J connectivity index is 2.50. The molecule has 0 fully saturated rings.